The number of sulfonamides is 1. The smallest absolute Gasteiger partial charge is 0.407 e. The van der Waals surface area contributed by atoms with Crippen molar-refractivity contribution in [2.45, 2.75) is 49.8 Å². The van der Waals surface area contributed by atoms with Gasteiger partial charge in [0, 0.05) is 19.5 Å². The average molecular weight is 481 g/mol. The van der Waals surface area contributed by atoms with E-state index in [9.17, 15) is 18.3 Å². The lowest BCUT2D eigenvalue weighted by atomic mass is 10.0. The number of aliphatic hydroxyl groups excluding tert-OH is 1. The molecule has 33 heavy (non-hydrogen) atoms. The minimum atomic E-state index is -3.88. The Morgan fingerprint density at radius 3 is 2.61 bits per heavy atom. The molecule has 0 spiro atoms. The number of ether oxygens (including phenoxy) is 2. The fraction of sp³-hybridized carbons (Fsp3) is 0.522. The summed E-state index contributed by atoms with van der Waals surface area (Å²) in [6.45, 7) is 4.66. The number of aliphatic hydroxyl groups is 1. The summed E-state index contributed by atoms with van der Waals surface area (Å²) < 4.78 is 43.1. The third-order valence-corrected chi connectivity index (χ3v) is 7.13. The van der Waals surface area contributed by atoms with Crippen molar-refractivity contribution in [3.05, 3.63) is 54.5 Å². The number of nitrogens with one attached hydrogen (secondary N) is 1. The van der Waals surface area contributed by atoms with E-state index in [1.54, 1.807) is 0 Å². The molecule has 2 aromatic rings. The van der Waals surface area contributed by atoms with Gasteiger partial charge < -0.3 is 24.3 Å². The van der Waals surface area contributed by atoms with E-state index in [0.717, 1.165) is 11.8 Å². The van der Waals surface area contributed by atoms with E-state index in [4.69, 9.17) is 13.9 Å². The molecule has 1 saturated heterocycles. The lowest BCUT2D eigenvalue weighted by Crippen LogP contribution is -2.51. The van der Waals surface area contributed by atoms with Gasteiger partial charge in [-0.3, -0.25) is 0 Å². The molecule has 1 amide bonds. The van der Waals surface area contributed by atoms with Crippen LogP contribution in [0, 0.1) is 5.92 Å². The Bertz CT molecular complexity index is 958. The molecule has 1 aromatic heterocycles. The fourth-order valence-corrected chi connectivity index (χ4v) is 5.20. The topological polar surface area (TPSA) is 118 Å². The first-order valence-corrected chi connectivity index (χ1v) is 12.5. The molecule has 0 saturated carbocycles. The predicted octanol–water partition coefficient (Wildman–Crippen LogP) is 2.41. The van der Waals surface area contributed by atoms with E-state index in [-0.39, 0.29) is 30.0 Å². The number of rotatable bonds is 11. The molecule has 1 aromatic carbocycles. The van der Waals surface area contributed by atoms with Crippen LogP contribution in [0.4, 0.5) is 4.79 Å². The zero-order chi connectivity index (χ0) is 23.8. The molecule has 182 valence electrons. The van der Waals surface area contributed by atoms with Gasteiger partial charge in [0.15, 0.2) is 0 Å². The van der Waals surface area contributed by atoms with Gasteiger partial charge >= 0.3 is 6.09 Å². The molecule has 3 atom stereocenters. The van der Waals surface area contributed by atoms with Crippen molar-refractivity contribution in [1.82, 2.24) is 9.62 Å². The van der Waals surface area contributed by atoms with E-state index in [1.807, 2.05) is 44.2 Å². The van der Waals surface area contributed by atoms with Crippen LogP contribution < -0.4 is 5.32 Å². The van der Waals surface area contributed by atoms with Gasteiger partial charge in [0.2, 0.25) is 10.0 Å². The molecule has 0 unspecified atom stereocenters. The zero-order valence-electron chi connectivity index (χ0n) is 18.9. The first-order valence-electron chi connectivity index (χ1n) is 11.0. The third-order valence-electron chi connectivity index (χ3n) is 5.32. The highest BCUT2D eigenvalue weighted by Crippen LogP contribution is 2.19. The van der Waals surface area contributed by atoms with Crippen molar-refractivity contribution in [2.24, 2.45) is 5.92 Å². The molecule has 0 radical (unpaired) electrons. The summed E-state index contributed by atoms with van der Waals surface area (Å²) in [5, 5.41) is 13.8. The molecule has 1 fully saturated rings. The Labute approximate surface area is 194 Å². The molecule has 10 heteroatoms. The molecular weight excluding hydrogens is 448 g/mol. The fourth-order valence-electron chi connectivity index (χ4n) is 3.66. The van der Waals surface area contributed by atoms with Crippen LogP contribution in [0.25, 0.3) is 0 Å². The number of furan rings is 1. The van der Waals surface area contributed by atoms with Gasteiger partial charge in [0.25, 0.3) is 0 Å². The Morgan fingerprint density at radius 1 is 1.24 bits per heavy atom. The first-order chi connectivity index (χ1) is 15.8. The SMILES string of the molecule is CC(C)CN(C[C@@H](O)[C@H](Cc1ccccc1)NC(=O)O[C@@H]1CCOC1)S(=O)(=O)c1ccoc1. The zero-order valence-corrected chi connectivity index (χ0v) is 19.7. The van der Waals surface area contributed by atoms with Crippen LogP contribution >= 0.6 is 0 Å². The van der Waals surface area contributed by atoms with Crippen molar-refractivity contribution in [3.63, 3.8) is 0 Å². The van der Waals surface area contributed by atoms with Gasteiger partial charge in [-0.2, -0.15) is 4.31 Å². The van der Waals surface area contributed by atoms with Gasteiger partial charge in [0.05, 0.1) is 31.6 Å². The largest absolute Gasteiger partial charge is 0.471 e. The van der Waals surface area contributed by atoms with Gasteiger partial charge in [-0.1, -0.05) is 44.2 Å². The van der Waals surface area contributed by atoms with Crippen molar-refractivity contribution in [2.75, 3.05) is 26.3 Å². The van der Waals surface area contributed by atoms with Crippen LogP contribution in [-0.2, 0) is 25.9 Å². The van der Waals surface area contributed by atoms with E-state index < -0.39 is 28.3 Å². The lowest BCUT2D eigenvalue weighted by molar-refractivity contribution is 0.0644. The summed E-state index contributed by atoms with van der Waals surface area (Å²) in [6.07, 6.45) is 1.19. The van der Waals surface area contributed by atoms with Crippen molar-refractivity contribution < 1.29 is 32.2 Å². The van der Waals surface area contributed by atoms with Crippen LogP contribution in [0.3, 0.4) is 0 Å². The van der Waals surface area contributed by atoms with Crippen LogP contribution in [-0.4, -0.2) is 68.5 Å². The molecule has 1 aliphatic heterocycles. The Kier molecular flexibility index (Phi) is 8.90. The Balaban J connectivity index is 1.77. The first kappa shape index (κ1) is 25.2. The van der Waals surface area contributed by atoms with E-state index >= 15 is 0 Å². The molecule has 0 aliphatic carbocycles. The summed E-state index contributed by atoms with van der Waals surface area (Å²) in [5.74, 6) is 0.0201. The van der Waals surface area contributed by atoms with Gasteiger partial charge in [-0.15, -0.1) is 0 Å². The summed E-state index contributed by atoms with van der Waals surface area (Å²) >= 11 is 0. The lowest BCUT2D eigenvalue weighted by Gasteiger charge is -2.30. The maximum absolute atomic E-state index is 13.1. The third kappa shape index (κ3) is 7.29. The number of hydrogen-bond acceptors (Lipinski definition) is 7. The average Bonchev–Trinajstić information content (AvgIpc) is 3.48. The highest BCUT2D eigenvalue weighted by molar-refractivity contribution is 7.89. The summed E-state index contributed by atoms with van der Waals surface area (Å²) in [6, 6.07) is 9.96. The number of alkyl carbamates (subject to hydrolysis) is 1. The van der Waals surface area contributed by atoms with Gasteiger partial charge in [0.1, 0.15) is 17.3 Å². The number of hydrogen-bond donors (Lipinski definition) is 2. The molecular formula is C23H32N2O7S. The van der Waals surface area contributed by atoms with Crippen LogP contribution in [0.1, 0.15) is 25.8 Å². The Morgan fingerprint density at radius 2 is 2.00 bits per heavy atom. The number of benzene rings is 1. The molecule has 2 N–H and O–H groups in total. The number of carbonyl (C=O) groups excluding carboxylic acids is 1. The van der Waals surface area contributed by atoms with Crippen molar-refractivity contribution in [3.8, 4) is 0 Å². The van der Waals surface area contributed by atoms with Crippen LogP contribution in [0.15, 0.2) is 58.2 Å². The minimum absolute atomic E-state index is 0.0172. The second-order valence-electron chi connectivity index (χ2n) is 8.57. The number of carbonyl (C=O) groups is 1. The maximum Gasteiger partial charge on any atom is 0.407 e. The summed E-state index contributed by atoms with van der Waals surface area (Å²) in [7, 11) is -3.88. The Hall–Kier alpha value is -2.40. The van der Waals surface area contributed by atoms with E-state index in [0.29, 0.717) is 26.1 Å². The quantitative estimate of drug-likeness (QED) is 0.507. The minimum Gasteiger partial charge on any atom is -0.471 e. The second kappa shape index (κ2) is 11.6. The molecule has 2 heterocycles. The standard InChI is InChI=1S/C23H32N2O7S/c1-17(2)13-25(33(28,29)20-9-11-31-16-20)14-22(26)21(12-18-6-4-3-5-7-18)24-23(27)32-19-8-10-30-15-19/h3-7,9,11,16-17,19,21-22,26H,8,10,12-15H2,1-2H3,(H,24,27)/t19-,21+,22-/m1/s1. The predicted molar refractivity (Wildman–Crippen MR) is 121 cm³/mol. The van der Waals surface area contributed by atoms with E-state index in [2.05, 4.69) is 5.32 Å². The van der Waals surface area contributed by atoms with Gasteiger partial charge in [-0.05, 0) is 24.0 Å². The molecule has 1 aliphatic rings. The second-order valence-corrected chi connectivity index (χ2v) is 10.5. The monoisotopic (exact) mass is 480 g/mol. The maximum atomic E-state index is 13.1. The van der Waals surface area contributed by atoms with Gasteiger partial charge in [-0.25, -0.2) is 13.2 Å². The molecule has 3 rings (SSSR count). The van der Waals surface area contributed by atoms with Crippen molar-refractivity contribution in [1.29, 1.82) is 0 Å². The molecule has 0 bridgehead atoms. The van der Waals surface area contributed by atoms with Crippen molar-refractivity contribution >= 4 is 16.1 Å². The summed E-state index contributed by atoms with van der Waals surface area (Å²) in [5.41, 5.74) is 0.888. The number of nitrogens with zero attached hydrogens (tertiary/aromatic N) is 1. The number of amides is 1. The highest BCUT2D eigenvalue weighted by atomic mass is 32.2. The van der Waals surface area contributed by atoms with E-state index in [1.165, 1.54) is 16.6 Å². The summed E-state index contributed by atoms with van der Waals surface area (Å²) in [4.78, 5) is 12.5. The van der Waals surface area contributed by atoms with Crippen LogP contribution in [0.5, 0.6) is 0 Å². The highest BCUT2D eigenvalue weighted by Gasteiger charge is 2.32. The molecule has 9 nitrogen and oxygen atoms in total. The normalized spacial score (nSPS) is 18.4. The van der Waals surface area contributed by atoms with Crippen LogP contribution in [0.2, 0.25) is 0 Å².